The van der Waals surface area contributed by atoms with Gasteiger partial charge in [-0.1, -0.05) is 20.3 Å². The lowest BCUT2D eigenvalue weighted by Gasteiger charge is -2.36. The van der Waals surface area contributed by atoms with Crippen LogP contribution in [0.2, 0.25) is 0 Å². The molecule has 0 saturated carbocycles. The maximum atomic E-state index is 12.7. The zero-order chi connectivity index (χ0) is 15.6. The first-order chi connectivity index (χ1) is 9.97. The minimum absolute atomic E-state index is 0.207. The van der Waals surface area contributed by atoms with Crippen molar-refractivity contribution in [3.63, 3.8) is 0 Å². The van der Waals surface area contributed by atoms with E-state index in [9.17, 15) is 14.7 Å². The molecule has 116 valence electrons. The fourth-order valence-electron chi connectivity index (χ4n) is 3.02. The van der Waals surface area contributed by atoms with E-state index in [1.807, 2.05) is 6.92 Å². The summed E-state index contributed by atoms with van der Waals surface area (Å²) in [5.74, 6) is -0.736. The first kappa shape index (κ1) is 15.5. The van der Waals surface area contributed by atoms with Gasteiger partial charge in [0, 0.05) is 19.8 Å². The summed E-state index contributed by atoms with van der Waals surface area (Å²) >= 11 is 0. The molecule has 1 aliphatic rings. The Hall–Kier alpha value is -1.85. The SMILES string of the molecule is CCc1nn(C)cc1C(=O)N1CCC(CC)CC1C(=O)O. The van der Waals surface area contributed by atoms with Crippen LogP contribution in [-0.2, 0) is 18.3 Å². The maximum Gasteiger partial charge on any atom is 0.326 e. The third kappa shape index (κ3) is 3.09. The molecular weight excluding hydrogens is 270 g/mol. The number of rotatable bonds is 4. The van der Waals surface area contributed by atoms with Crippen molar-refractivity contribution in [3.05, 3.63) is 17.5 Å². The molecular formula is C15H23N3O3. The first-order valence-electron chi connectivity index (χ1n) is 7.54. The molecule has 2 rings (SSSR count). The molecule has 0 radical (unpaired) electrons. The van der Waals surface area contributed by atoms with Crippen molar-refractivity contribution in [1.29, 1.82) is 0 Å². The Kier molecular flexibility index (Phi) is 4.65. The van der Waals surface area contributed by atoms with Gasteiger partial charge in [-0.2, -0.15) is 5.10 Å². The van der Waals surface area contributed by atoms with E-state index in [1.54, 1.807) is 17.9 Å². The quantitative estimate of drug-likeness (QED) is 0.916. The van der Waals surface area contributed by atoms with E-state index < -0.39 is 12.0 Å². The number of amides is 1. The number of likely N-dealkylation sites (tertiary alicyclic amines) is 1. The van der Waals surface area contributed by atoms with E-state index in [1.165, 1.54) is 4.90 Å². The molecule has 2 heterocycles. The van der Waals surface area contributed by atoms with Crippen molar-refractivity contribution in [3.8, 4) is 0 Å². The summed E-state index contributed by atoms with van der Waals surface area (Å²) in [7, 11) is 1.77. The molecule has 6 heteroatoms. The summed E-state index contributed by atoms with van der Waals surface area (Å²) in [6, 6.07) is -0.721. The molecule has 0 aliphatic carbocycles. The number of carboxylic acids is 1. The predicted molar refractivity (Wildman–Crippen MR) is 78.1 cm³/mol. The molecule has 21 heavy (non-hydrogen) atoms. The molecule has 1 saturated heterocycles. The van der Waals surface area contributed by atoms with Gasteiger partial charge in [0.2, 0.25) is 0 Å². The molecule has 2 atom stereocenters. The Morgan fingerprint density at radius 3 is 2.71 bits per heavy atom. The number of nitrogens with zero attached hydrogens (tertiary/aromatic N) is 3. The van der Waals surface area contributed by atoms with E-state index in [0.29, 0.717) is 30.9 Å². The average Bonchev–Trinajstić information content (AvgIpc) is 2.86. The summed E-state index contributed by atoms with van der Waals surface area (Å²) < 4.78 is 1.61. The molecule has 1 aromatic rings. The van der Waals surface area contributed by atoms with Gasteiger partial charge in [0.05, 0.1) is 11.3 Å². The van der Waals surface area contributed by atoms with Gasteiger partial charge in [-0.05, 0) is 25.2 Å². The topological polar surface area (TPSA) is 75.4 Å². The number of piperidine rings is 1. The smallest absolute Gasteiger partial charge is 0.326 e. The number of hydrogen-bond donors (Lipinski definition) is 1. The van der Waals surface area contributed by atoms with Crippen molar-refractivity contribution in [2.24, 2.45) is 13.0 Å². The van der Waals surface area contributed by atoms with Crippen molar-refractivity contribution in [1.82, 2.24) is 14.7 Å². The molecule has 1 aromatic heterocycles. The number of carbonyl (C=O) groups excluding carboxylic acids is 1. The van der Waals surface area contributed by atoms with Crippen LogP contribution in [0.5, 0.6) is 0 Å². The van der Waals surface area contributed by atoms with E-state index >= 15 is 0 Å². The molecule has 6 nitrogen and oxygen atoms in total. The second-order valence-corrected chi connectivity index (χ2v) is 5.67. The summed E-state index contributed by atoms with van der Waals surface area (Å²) in [6.45, 7) is 4.51. The molecule has 1 N–H and O–H groups in total. The molecule has 1 fully saturated rings. The number of carboxylic acid groups (broad SMARTS) is 1. The van der Waals surface area contributed by atoms with Gasteiger partial charge >= 0.3 is 5.97 Å². The van der Waals surface area contributed by atoms with Crippen molar-refractivity contribution in [2.75, 3.05) is 6.54 Å². The van der Waals surface area contributed by atoms with Crippen LogP contribution in [0.15, 0.2) is 6.20 Å². The lowest BCUT2D eigenvalue weighted by atomic mass is 9.88. The van der Waals surface area contributed by atoms with Crippen molar-refractivity contribution < 1.29 is 14.7 Å². The number of aliphatic carboxylic acids is 1. The average molecular weight is 293 g/mol. The Labute approximate surface area is 124 Å². The largest absolute Gasteiger partial charge is 0.480 e. The Morgan fingerprint density at radius 1 is 1.43 bits per heavy atom. The highest BCUT2D eigenvalue weighted by Gasteiger charge is 2.36. The molecule has 0 spiro atoms. The lowest BCUT2D eigenvalue weighted by molar-refractivity contribution is -0.144. The third-order valence-corrected chi connectivity index (χ3v) is 4.30. The van der Waals surface area contributed by atoms with Gasteiger partial charge in [-0.3, -0.25) is 9.48 Å². The van der Waals surface area contributed by atoms with Crippen molar-refractivity contribution >= 4 is 11.9 Å². The maximum absolute atomic E-state index is 12.7. The van der Waals surface area contributed by atoms with Crippen molar-refractivity contribution in [2.45, 2.75) is 45.6 Å². The van der Waals surface area contributed by atoms with Gasteiger partial charge in [0.1, 0.15) is 6.04 Å². The van der Waals surface area contributed by atoms with E-state index in [-0.39, 0.29) is 5.91 Å². The van der Waals surface area contributed by atoms with Crippen LogP contribution in [0.25, 0.3) is 0 Å². The first-order valence-corrected chi connectivity index (χ1v) is 7.54. The summed E-state index contributed by atoms with van der Waals surface area (Å²) in [4.78, 5) is 25.7. The van der Waals surface area contributed by atoms with Crippen LogP contribution in [0, 0.1) is 5.92 Å². The van der Waals surface area contributed by atoms with E-state index in [4.69, 9.17) is 0 Å². The molecule has 1 aliphatic heterocycles. The van der Waals surface area contributed by atoms with Gasteiger partial charge in [0.15, 0.2) is 0 Å². The highest BCUT2D eigenvalue weighted by molar-refractivity contribution is 5.97. The van der Waals surface area contributed by atoms with Crippen LogP contribution in [0.4, 0.5) is 0 Å². The number of hydrogen-bond acceptors (Lipinski definition) is 3. The standard InChI is InChI=1S/C15H23N3O3/c1-4-10-6-7-18(13(8-10)15(20)21)14(19)11-9-17(3)16-12(11)5-2/h9-10,13H,4-8H2,1-3H3,(H,20,21). The fourth-order valence-corrected chi connectivity index (χ4v) is 3.02. The minimum atomic E-state index is -0.913. The van der Waals surface area contributed by atoms with Crippen LogP contribution in [0.1, 0.15) is 49.2 Å². The Balaban J connectivity index is 2.26. The molecule has 0 aromatic carbocycles. The van der Waals surface area contributed by atoms with E-state index in [0.717, 1.165) is 18.5 Å². The predicted octanol–water partition coefficient (Wildman–Crippen LogP) is 1.70. The van der Waals surface area contributed by atoms with Gasteiger partial charge in [-0.15, -0.1) is 0 Å². The normalized spacial score (nSPS) is 22.3. The van der Waals surface area contributed by atoms with Gasteiger partial charge in [0.25, 0.3) is 5.91 Å². The highest BCUT2D eigenvalue weighted by Crippen LogP contribution is 2.27. The molecule has 0 bridgehead atoms. The Morgan fingerprint density at radius 2 is 2.14 bits per heavy atom. The number of carbonyl (C=O) groups is 2. The number of aromatic nitrogens is 2. The molecule has 2 unspecified atom stereocenters. The molecule has 1 amide bonds. The monoisotopic (exact) mass is 293 g/mol. The fraction of sp³-hybridized carbons (Fsp3) is 0.667. The van der Waals surface area contributed by atoms with Gasteiger partial charge in [-0.25, -0.2) is 4.79 Å². The second kappa shape index (κ2) is 6.28. The summed E-state index contributed by atoms with van der Waals surface area (Å²) in [6.07, 6.45) is 4.71. The van der Waals surface area contributed by atoms with Crippen LogP contribution < -0.4 is 0 Å². The minimum Gasteiger partial charge on any atom is -0.480 e. The lowest BCUT2D eigenvalue weighted by Crippen LogP contribution is -2.50. The zero-order valence-electron chi connectivity index (χ0n) is 12.9. The summed E-state index contributed by atoms with van der Waals surface area (Å²) in [5, 5.41) is 13.7. The third-order valence-electron chi connectivity index (χ3n) is 4.30. The Bertz CT molecular complexity index is 538. The van der Waals surface area contributed by atoms with Crippen LogP contribution in [-0.4, -0.2) is 44.3 Å². The van der Waals surface area contributed by atoms with E-state index in [2.05, 4.69) is 12.0 Å². The van der Waals surface area contributed by atoms with Gasteiger partial charge < -0.3 is 10.0 Å². The van der Waals surface area contributed by atoms with Crippen LogP contribution >= 0.6 is 0 Å². The number of aryl methyl sites for hydroxylation is 2. The second-order valence-electron chi connectivity index (χ2n) is 5.67. The summed E-state index contributed by atoms with van der Waals surface area (Å²) in [5.41, 5.74) is 1.26. The van der Waals surface area contributed by atoms with Crippen LogP contribution in [0.3, 0.4) is 0 Å². The highest BCUT2D eigenvalue weighted by atomic mass is 16.4. The zero-order valence-corrected chi connectivity index (χ0v) is 12.9.